The molecule has 2 atom stereocenters. The van der Waals surface area contributed by atoms with Gasteiger partial charge in [-0.2, -0.15) is 0 Å². The minimum atomic E-state index is -1.06. The van der Waals surface area contributed by atoms with Crippen molar-refractivity contribution in [3.8, 4) is 0 Å². The Morgan fingerprint density at radius 3 is 2.61 bits per heavy atom. The Bertz CT molecular complexity index is 572. The zero-order chi connectivity index (χ0) is 12.9. The van der Waals surface area contributed by atoms with Gasteiger partial charge in [-0.15, -0.1) is 0 Å². The summed E-state index contributed by atoms with van der Waals surface area (Å²) in [7, 11) is 0. The predicted molar refractivity (Wildman–Crippen MR) is 71.9 cm³/mol. The van der Waals surface area contributed by atoms with Gasteiger partial charge in [0, 0.05) is 4.91 Å². The molecule has 1 fully saturated rings. The Balaban J connectivity index is 2.09. The average Bonchev–Trinajstić information content (AvgIpc) is 2.76. The standard InChI is InChI=1S/C12H8BrNO3S/c13-7-10(15)14-8(12(16)17)9(18-11(7)14)6-4-2-1-3-5-6/h1-5,7,11H,(H,16,17)/t7-,11+/m0/s1. The van der Waals surface area contributed by atoms with E-state index in [0.717, 1.165) is 5.56 Å². The largest absolute Gasteiger partial charge is 0.477 e. The number of alkyl halides is 1. The van der Waals surface area contributed by atoms with Crippen LogP contribution >= 0.6 is 27.7 Å². The molecular formula is C12H8BrNO3S. The minimum absolute atomic E-state index is 0.0944. The van der Waals surface area contributed by atoms with Crippen LogP contribution in [0.1, 0.15) is 5.56 Å². The Labute approximate surface area is 116 Å². The van der Waals surface area contributed by atoms with E-state index >= 15 is 0 Å². The Kier molecular flexibility index (Phi) is 2.71. The molecule has 1 saturated heterocycles. The average molecular weight is 326 g/mol. The number of hydrogen-bond donors (Lipinski definition) is 1. The van der Waals surface area contributed by atoms with E-state index in [1.54, 1.807) is 0 Å². The van der Waals surface area contributed by atoms with E-state index in [4.69, 9.17) is 0 Å². The lowest BCUT2D eigenvalue weighted by Gasteiger charge is -2.38. The van der Waals surface area contributed by atoms with Crippen LogP contribution in [0.5, 0.6) is 0 Å². The highest BCUT2D eigenvalue weighted by atomic mass is 79.9. The summed E-state index contributed by atoms with van der Waals surface area (Å²) < 4.78 is 0. The second-order valence-electron chi connectivity index (χ2n) is 3.97. The molecule has 1 aromatic carbocycles. The van der Waals surface area contributed by atoms with Gasteiger partial charge in [-0.25, -0.2) is 4.79 Å². The lowest BCUT2D eigenvalue weighted by Crippen LogP contribution is -2.58. The third-order valence-electron chi connectivity index (χ3n) is 2.91. The molecule has 0 aliphatic carbocycles. The van der Waals surface area contributed by atoms with Crippen molar-refractivity contribution in [2.24, 2.45) is 0 Å². The summed E-state index contributed by atoms with van der Waals surface area (Å²) in [4.78, 5) is 24.8. The Hall–Kier alpha value is -1.27. The number of thioether (sulfide) groups is 1. The molecule has 0 bridgehead atoms. The molecule has 1 amide bonds. The quantitative estimate of drug-likeness (QED) is 0.668. The maximum Gasteiger partial charge on any atom is 0.353 e. The van der Waals surface area contributed by atoms with Crippen molar-refractivity contribution in [2.45, 2.75) is 10.2 Å². The summed E-state index contributed by atoms with van der Waals surface area (Å²) in [6, 6.07) is 9.28. The van der Waals surface area contributed by atoms with Gasteiger partial charge >= 0.3 is 5.97 Å². The number of fused-ring (bicyclic) bond motifs is 1. The predicted octanol–water partition coefficient (Wildman–Crippen LogP) is 2.12. The van der Waals surface area contributed by atoms with Crippen LogP contribution in [0.4, 0.5) is 0 Å². The number of carboxylic acids is 1. The Morgan fingerprint density at radius 2 is 2.00 bits per heavy atom. The van der Waals surface area contributed by atoms with Crippen molar-refractivity contribution >= 4 is 44.5 Å². The fraction of sp³-hybridized carbons (Fsp3) is 0.167. The maximum absolute atomic E-state index is 11.7. The van der Waals surface area contributed by atoms with Gasteiger partial charge in [0.05, 0.1) is 0 Å². The van der Waals surface area contributed by atoms with Gasteiger partial charge in [-0.05, 0) is 5.56 Å². The van der Waals surface area contributed by atoms with Crippen molar-refractivity contribution in [1.29, 1.82) is 0 Å². The van der Waals surface area contributed by atoms with E-state index in [1.165, 1.54) is 16.7 Å². The SMILES string of the molecule is O=C(O)C1=C(c2ccccc2)S[C@@H]2[C@@H](Br)C(=O)N12. The number of aliphatic carboxylic acids is 1. The number of β-lactam (4-membered cyclic amide) rings is 1. The Morgan fingerprint density at radius 1 is 1.33 bits per heavy atom. The lowest BCUT2D eigenvalue weighted by atomic mass is 10.1. The molecule has 0 spiro atoms. The van der Waals surface area contributed by atoms with Crippen LogP contribution in [-0.2, 0) is 9.59 Å². The molecular weight excluding hydrogens is 318 g/mol. The summed E-state index contributed by atoms with van der Waals surface area (Å²) in [6.07, 6.45) is 0. The first-order chi connectivity index (χ1) is 8.61. The number of carboxylic acid groups (broad SMARTS) is 1. The van der Waals surface area contributed by atoms with E-state index in [-0.39, 0.29) is 21.8 Å². The van der Waals surface area contributed by atoms with Crippen molar-refractivity contribution in [1.82, 2.24) is 4.90 Å². The molecule has 0 unspecified atom stereocenters. The normalized spacial score (nSPS) is 26.1. The van der Waals surface area contributed by atoms with Gasteiger partial charge in [0.25, 0.3) is 0 Å². The van der Waals surface area contributed by atoms with Gasteiger partial charge in [0.1, 0.15) is 15.9 Å². The molecule has 2 aliphatic heterocycles. The summed E-state index contributed by atoms with van der Waals surface area (Å²) in [5, 5.41) is 9.15. The van der Waals surface area contributed by atoms with Gasteiger partial charge in [-0.3, -0.25) is 9.69 Å². The number of hydrogen-bond acceptors (Lipinski definition) is 3. The molecule has 92 valence electrons. The first-order valence-corrected chi connectivity index (χ1v) is 7.07. The molecule has 4 nitrogen and oxygen atoms in total. The highest BCUT2D eigenvalue weighted by Crippen LogP contribution is 2.52. The summed E-state index contributed by atoms with van der Waals surface area (Å²) >= 11 is 4.70. The lowest BCUT2D eigenvalue weighted by molar-refractivity contribution is -0.144. The van der Waals surface area contributed by atoms with Crippen LogP contribution in [0.3, 0.4) is 0 Å². The zero-order valence-corrected chi connectivity index (χ0v) is 11.4. The van der Waals surface area contributed by atoms with Crippen LogP contribution in [0.2, 0.25) is 0 Å². The monoisotopic (exact) mass is 325 g/mol. The summed E-state index contributed by atoms with van der Waals surface area (Å²) in [6.45, 7) is 0. The van der Waals surface area contributed by atoms with Crippen molar-refractivity contribution in [2.75, 3.05) is 0 Å². The van der Waals surface area contributed by atoms with E-state index in [0.29, 0.717) is 4.91 Å². The number of carbonyl (C=O) groups is 2. The molecule has 0 radical (unpaired) electrons. The van der Waals surface area contributed by atoms with Crippen molar-refractivity contribution in [3.63, 3.8) is 0 Å². The molecule has 2 heterocycles. The van der Waals surface area contributed by atoms with Crippen LogP contribution in [0, 0.1) is 0 Å². The zero-order valence-electron chi connectivity index (χ0n) is 9.04. The number of halogens is 1. The highest BCUT2D eigenvalue weighted by molar-refractivity contribution is 9.10. The first kappa shape index (κ1) is 11.8. The van der Waals surface area contributed by atoms with Gasteiger partial charge in [-0.1, -0.05) is 58.0 Å². The van der Waals surface area contributed by atoms with Crippen LogP contribution in [-0.4, -0.2) is 32.1 Å². The number of rotatable bonds is 2. The second-order valence-corrected chi connectivity index (χ2v) is 6.08. The molecule has 2 aliphatic rings. The topological polar surface area (TPSA) is 57.6 Å². The van der Waals surface area contributed by atoms with E-state index < -0.39 is 5.97 Å². The van der Waals surface area contributed by atoms with Gasteiger partial charge < -0.3 is 5.11 Å². The fourth-order valence-electron chi connectivity index (χ4n) is 2.06. The van der Waals surface area contributed by atoms with Crippen LogP contribution < -0.4 is 0 Å². The minimum Gasteiger partial charge on any atom is -0.477 e. The number of amides is 1. The molecule has 18 heavy (non-hydrogen) atoms. The summed E-state index contributed by atoms with van der Waals surface area (Å²) in [5.41, 5.74) is 0.929. The smallest absolute Gasteiger partial charge is 0.353 e. The molecule has 1 N–H and O–H groups in total. The van der Waals surface area contributed by atoms with Gasteiger partial charge in [0.2, 0.25) is 5.91 Å². The highest BCUT2D eigenvalue weighted by Gasteiger charge is 2.55. The van der Waals surface area contributed by atoms with E-state index in [9.17, 15) is 14.7 Å². The third kappa shape index (κ3) is 1.52. The summed E-state index contributed by atoms with van der Waals surface area (Å²) in [5.74, 6) is -1.24. The fourth-order valence-corrected chi connectivity index (χ4v) is 4.20. The second kappa shape index (κ2) is 4.13. The van der Waals surface area contributed by atoms with Gasteiger partial charge in [0.15, 0.2) is 0 Å². The van der Waals surface area contributed by atoms with Crippen LogP contribution in [0.25, 0.3) is 4.91 Å². The molecule has 0 aromatic heterocycles. The molecule has 6 heteroatoms. The number of benzene rings is 1. The first-order valence-electron chi connectivity index (χ1n) is 5.28. The number of carbonyl (C=O) groups excluding carboxylic acids is 1. The molecule has 3 rings (SSSR count). The van der Waals surface area contributed by atoms with E-state index in [1.807, 2.05) is 30.3 Å². The van der Waals surface area contributed by atoms with Crippen LogP contribution in [0.15, 0.2) is 36.0 Å². The van der Waals surface area contributed by atoms with Crippen molar-refractivity contribution in [3.05, 3.63) is 41.6 Å². The van der Waals surface area contributed by atoms with Crippen molar-refractivity contribution < 1.29 is 14.7 Å². The maximum atomic E-state index is 11.7. The number of nitrogens with zero attached hydrogens (tertiary/aromatic N) is 1. The molecule has 1 aromatic rings. The molecule has 0 saturated carbocycles. The van der Waals surface area contributed by atoms with E-state index in [2.05, 4.69) is 15.9 Å². The third-order valence-corrected chi connectivity index (χ3v) is 5.54.